The van der Waals surface area contributed by atoms with Crippen molar-refractivity contribution in [2.24, 2.45) is 11.7 Å². The molecule has 5 nitrogen and oxygen atoms in total. The zero-order chi connectivity index (χ0) is 19.2. The minimum atomic E-state index is -4.60. The van der Waals surface area contributed by atoms with Gasteiger partial charge >= 0.3 is 6.18 Å². The summed E-state index contributed by atoms with van der Waals surface area (Å²) in [5, 5.41) is 8.81. The SMILES string of the molecule is C[C@@H]1[C@H](N)C2(C)CCC1(CCONc1ccc(C#N)c(C(F)(F)F)c1)O2. The van der Waals surface area contributed by atoms with Crippen LogP contribution in [-0.4, -0.2) is 23.9 Å². The van der Waals surface area contributed by atoms with Crippen molar-refractivity contribution >= 4 is 5.69 Å². The van der Waals surface area contributed by atoms with Crippen LogP contribution in [0.2, 0.25) is 0 Å². The van der Waals surface area contributed by atoms with Crippen LogP contribution in [0.3, 0.4) is 0 Å². The van der Waals surface area contributed by atoms with Crippen molar-refractivity contribution < 1.29 is 22.7 Å². The maximum Gasteiger partial charge on any atom is 0.417 e. The predicted octanol–water partition coefficient (Wildman–Crippen LogP) is 3.60. The number of rotatable bonds is 5. The Morgan fingerprint density at radius 2 is 2.15 bits per heavy atom. The second-order valence-corrected chi connectivity index (χ2v) is 7.36. The van der Waals surface area contributed by atoms with Gasteiger partial charge in [0.15, 0.2) is 0 Å². The average molecular weight is 369 g/mol. The number of anilines is 1. The van der Waals surface area contributed by atoms with E-state index in [0.717, 1.165) is 25.0 Å². The summed E-state index contributed by atoms with van der Waals surface area (Å²) >= 11 is 0. The Morgan fingerprint density at radius 1 is 1.42 bits per heavy atom. The zero-order valence-corrected chi connectivity index (χ0v) is 14.7. The van der Waals surface area contributed by atoms with Crippen LogP contribution in [-0.2, 0) is 15.8 Å². The normalized spacial score (nSPS) is 33.3. The van der Waals surface area contributed by atoms with Crippen LogP contribution in [0.5, 0.6) is 0 Å². The Morgan fingerprint density at radius 3 is 2.73 bits per heavy atom. The molecule has 142 valence electrons. The van der Waals surface area contributed by atoms with Gasteiger partial charge in [-0.1, -0.05) is 6.92 Å². The lowest BCUT2D eigenvalue weighted by Gasteiger charge is -2.33. The van der Waals surface area contributed by atoms with E-state index in [1.54, 1.807) is 6.07 Å². The molecule has 1 aromatic rings. The van der Waals surface area contributed by atoms with E-state index in [2.05, 4.69) is 12.4 Å². The maximum atomic E-state index is 13.0. The van der Waals surface area contributed by atoms with Gasteiger partial charge in [-0.25, -0.2) is 0 Å². The van der Waals surface area contributed by atoms with Gasteiger partial charge < -0.3 is 10.5 Å². The second kappa shape index (κ2) is 6.41. The third-order valence-corrected chi connectivity index (χ3v) is 5.82. The first-order chi connectivity index (χ1) is 12.1. The van der Waals surface area contributed by atoms with Gasteiger partial charge in [0.25, 0.3) is 0 Å². The molecular formula is C18H22F3N3O2. The summed E-state index contributed by atoms with van der Waals surface area (Å²) in [4.78, 5) is 5.36. The van der Waals surface area contributed by atoms with Crippen LogP contribution >= 0.6 is 0 Å². The largest absolute Gasteiger partial charge is 0.417 e. The Kier molecular flexibility index (Phi) is 4.67. The molecule has 2 unspecified atom stereocenters. The molecule has 26 heavy (non-hydrogen) atoms. The number of nitrogens with two attached hydrogens (primary N) is 1. The minimum absolute atomic E-state index is 0.0305. The molecular weight excluding hydrogens is 347 g/mol. The summed E-state index contributed by atoms with van der Waals surface area (Å²) in [7, 11) is 0. The summed E-state index contributed by atoms with van der Waals surface area (Å²) in [5.74, 6) is 0.191. The van der Waals surface area contributed by atoms with Gasteiger partial charge in [0.1, 0.15) is 0 Å². The molecule has 0 aliphatic carbocycles. The van der Waals surface area contributed by atoms with E-state index in [0.29, 0.717) is 6.42 Å². The fourth-order valence-corrected chi connectivity index (χ4v) is 4.14. The van der Waals surface area contributed by atoms with Crippen molar-refractivity contribution in [1.82, 2.24) is 0 Å². The van der Waals surface area contributed by atoms with E-state index >= 15 is 0 Å². The second-order valence-electron chi connectivity index (χ2n) is 7.36. The highest BCUT2D eigenvalue weighted by Gasteiger charge is 2.61. The van der Waals surface area contributed by atoms with Gasteiger partial charge in [0, 0.05) is 18.4 Å². The van der Waals surface area contributed by atoms with Crippen molar-refractivity contribution in [3.05, 3.63) is 29.3 Å². The monoisotopic (exact) mass is 369 g/mol. The van der Waals surface area contributed by atoms with Crippen LogP contribution in [0.4, 0.5) is 18.9 Å². The fourth-order valence-electron chi connectivity index (χ4n) is 4.14. The molecule has 0 amide bonds. The molecule has 0 radical (unpaired) electrons. The number of nitrogens with one attached hydrogen (secondary N) is 1. The highest BCUT2D eigenvalue weighted by atomic mass is 19.4. The lowest BCUT2D eigenvalue weighted by Crippen LogP contribution is -2.48. The zero-order valence-electron chi connectivity index (χ0n) is 14.7. The van der Waals surface area contributed by atoms with Crippen molar-refractivity contribution in [1.29, 1.82) is 5.26 Å². The fraction of sp³-hybridized carbons (Fsp3) is 0.611. The van der Waals surface area contributed by atoms with Crippen LogP contribution in [0.1, 0.15) is 44.2 Å². The Bertz CT molecular complexity index is 733. The number of nitrogens with zero attached hydrogens (tertiary/aromatic N) is 1. The van der Waals surface area contributed by atoms with Crippen molar-refractivity contribution in [3.63, 3.8) is 0 Å². The summed E-state index contributed by atoms with van der Waals surface area (Å²) in [6, 6.07) is 4.89. The molecule has 2 aliphatic rings. The Hall–Kier alpha value is -1.82. The molecule has 2 fully saturated rings. The Balaban J connectivity index is 1.59. The molecule has 2 heterocycles. The first-order valence-electron chi connectivity index (χ1n) is 8.56. The number of halogens is 3. The number of ether oxygens (including phenoxy) is 1. The van der Waals surface area contributed by atoms with E-state index in [1.165, 1.54) is 6.07 Å². The van der Waals surface area contributed by atoms with E-state index in [9.17, 15) is 13.2 Å². The summed E-state index contributed by atoms with van der Waals surface area (Å²) in [6.07, 6.45) is -2.19. The predicted molar refractivity (Wildman–Crippen MR) is 88.9 cm³/mol. The molecule has 8 heteroatoms. The lowest BCUT2D eigenvalue weighted by atomic mass is 9.71. The van der Waals surface area contributed by atoms with E-state index < -0.39 is 17.3 Å². The van der Waals surface area contributed by atoms with Crippen molar-refractivity contribution in [2.45, 2.75) is 56.5 Å². The standard InChI is InChI=1S/C18H22F3N3O2/c1-11-15(23)16(2)5-6-17(11,26-16)7-8-25-24-13-4-3-12(10-22)14(9-13)18(19,20)21/h3-4,9,11,15,24H,5-8,23H2,1-2H3/t11-,15+,16?,17?/m1/s1. The molecule has 3 rings (SSSR count). The average Bonchev–Trinajstić information content (AvgIpc) is 3.03. The highest BCUT2D eigenvalue weighted by Crippen LogP contribution is 2.54. The van der Waals surface area contributed by atoms with Gasteiger partial charge in [-0.3, -0.25) is 10.3 Å². The third kappa shape index (κ3) is 3.15. The van der Waals surface area contributed by atoms with E-state index in [4.69, 9.17) is 20.6 Å². The van der Waals surface area contributed by atoms with Crippen LogP contribution in [0.15, 0.2) is 18.2 Å². The third-order valence-electron chi connectivity index (χ3n) is 5.82. The van der Waals surface area contributed by atoms with Crippen LogP contribution in [0.25, 0.3) is 0 Å². The summed E-state index contributed by atoms with van der Waals surface area (Å²) in [5.41, 5.74) is 6.87. The quantitative estimate of drug-likeness (QED) is 0.612. The first-order valence-corrected chi connectivity index (χ1v) is 8.56. The van der Waals surface area contributed by atoms with Gasteiger partial charge in [-0.2, -0.15) is 18.4 Å². The van der Waals surface area contributed by atoms with E-state index in [1.807, 2.05) is 6.92 Å². The molecule has 0 saturated carbocycles. The van der Waals surface area contributed by atoms with Crippen molar-refractivity contribution in [3.8, 4) is 6.07 Å². The molecule has 2 aliphatic heterocycles. The number of hydrogen-bond acceptors (Lipinski definition) is 5. The van der Waals surface area contributed by atoms with Crippen LogP contribution < -0.4 is 11.2 Å². The highest BCUT2D eigenvalue weighted by molar-refractivity contribution is 5.52. The lowest BCUT2D eigenvalue weighted by molar-refractivity contribution is -0.137. The molecule has 2 saturated heterocycles. The van der Waals surface area contributed by atoms with Gasteiger partial charge in [-0.15, -0.1) is 0 Å². The van der Waals surface area contributed by atoms with Gasteiger partial charge in [0.2, 0.25) is 0 Å². The summed E-state index contributed by atoms with van der Waals surface area (Å²) in [6.45, 7) is 4.37. The van der Waals surface area contributed by atoms with Gasteiger partial charge in [0.05, 0.1) is 40.7 Å². The number of fused-ring (bicyclic) bond motifs is 2. The minimum Gasteiger partial charge on any atom is -0.367 e. The molecule has 3 N–H and O–H groups in total. The van der Waals surface area contributed by atoms with Gasteiger partial charge in [-0.05, 0) is 38.0 Å². The summed E-state index contributed by atoms with van der Waals surface area (Å²) < 4.78 is 45.1. The smallest absolute Gasteiger partial charge is 0.367 e. The van der Waals surface area contributed by atoms with Crippen molar-refractivity contribution in [2.75, 3.05) is 12.1 Å². The molecule has 1 aromatic carbocycles. The van der Waals surface area contributed by atoms with E-state index in [-0.39, 0.29) is 35.5 Å². The number of benzene rings is 1. The Labute approximate surface area is 150 Å². The number of alkyl halides is 3. The molecule has 0 aromatic heterocycles. The maximum absolute atomic E-state index is 13.0. The topological polar surface area (TPSA) is 80.3 Å². The molecule has 4 atom stereocenters. The number of nitriles is 1. The van der Waals surface area contributed by atoms with Crippen LogP contribution in [0, 0.1) is 17.2 Å². The molecule has 0 spiro atoms. The molecule has 2 bridgehead atoms. The first kappa shape index (κ1) is 19.0. The number of hydrogen-bond donors (Lipinski definition) is 2.